The Morgan fingerprint density at radius 3 is 2.97 bits per heavy atom. The first-order valence-corrected chi connectivity index (χ1v) is 12.6. The van der Waals surface area contributed by atoms with Gasteiger partial charge in [-0.1, -0.05) is 32.5 Å². The quantitative estimate of drug-likeness (QED) is 0.337. The SMILES string of the molecule is COCCCNC(=O)CSc1nc2sc3c(c2c(=O)n1CCC(C)C)CCC(C)C3. The van der Waals surface area contributed by atoms with Gasteiger partial charge in [0.15, 0.2) is 5.16 Å². The summed E-state index contributed by atoms with van der Waals surface area (Å²) >= 11 is 3.03. The number of nitrogens with one attached hydrogen (secondary N) is 1. The van der Waals surface area contributed by atoms with Crippen LogP contribution in [0.25, 0.3) is 10.2 Å². The Balaban J connectivity index is 1.85. The molecule has 2 heterocycles. The minimum atomic E-state index is -0.0415. The van der Waals surface area contributed by atoms with Crippen molar-refractivity contribution in [2.24, 2.45) is 11.8 Å². The number of rotatable bonds is 10. The fourth-order valence-electron chi connectivity index (χ4n) is 3.72. The smallest absolute Gasteiger partial charge is 0.263 e. The van der Waals surface area contributed by atoms with Crippen LogP contribution in [0.5, 0.6) is 0 Å². The zero-order valence-electron chi connectivity index (χ0n) is 18.5. The van der Waals surface area contributed by atoms with Crippen LogP contribution in [0.1, 0.15) is 50.5 Å². The predicted molar refractivity (Wildman–Crippen MR) is 125 cm³/mol. The molecule has 0 saturated carbocycles. The van der Waals surface area contributed by atoms with Crippen LogP contribution in [0.3, 0.4) is 0 Å². The number of aromatic nitrogens is 2. The molecule has 1 aliphatic rings. The van der Waals surface area contributed by atoms with Gasteiger partial charge in [-0.15, -0.1) is 11.3 Å². The van der Waals surface area contributed by atoms with Crippen molar-refractivity contribution in [2.75, 3.05) is 26.0 Å². The number of methoxy groups -OCH3 is 1. The lowest BCUT2D eigenvalue weighted by molar-refractivity contribution is -0.118. The maximum Gasteiger partial charge on any atom is 0.263 e. The van der Waals surface area contributed by atoms with E-state index < -0.39 is 0 Å². The summed E-state index contributed by atoms with van der Waals surface area (Å²) in [6, 6.07) is 0. The Morgan fingerprint density at radius 2 is 2.23 bits per heavy atom. The van der Waals surface area contributed by atoms with E-state index in [2.05, 4.69) is 26.1 Å². The summed E-state index contributed by atoms with van der Waals surface area (Å²) in [4.78, 5) is 32.7. The van der Waals surface area contributed by atoms with Crippen molar-refractivity contribution in [3.63, 3.8) is 0 Å². The summed E-state index contributed by atoms with van der Waals surface area (Å²) in [6.45, 7) is 8.44. The molecule has 30 heavy (non-hydrogen) atoms. The molecule has 1 aliphatic carbocycles. The van der Waals surface area contributed by atoms with E-state index in [1.807, 2.05) is 0 Å². The number of hydrogen-bond acceptors (Lipinski definition) is 6. The van der Waals surface area contributed by atoms with Crippen LogP contribution in [-0.4, -0.2) is 41.5 Å². The molecule has 0 bridgehead atoms. The summed E-state index contributed by atoms with van der Waals surface area (Å²) < 4.78 is 6.81. The van der Waals surface area contributed by atoms with Crippen molar-refractivity contribution in [3.05, 3.63) is 20.8 Å². The third-order valence-corrected chi connectivity index (χ3v) is 7.61. The summed E-state index contributed by atoms with van der Waals surface area (Å²) in [5.41, 5.74) is 1.28. The third kappa shape index (κ3) is 5.65. The van der Waals surface area contributed by atoms with Gasteiger partial charge >= 0.3 is 0 Å². The Kier molecular flexibility index (Phi) is 8.36. The Bertz CT molecular complexity index is 936. The number of nitrogens with zero attached hydrogens (tertiary/aromatic N) is 2. The monoisotopic (exact) mass is 451 g/mol. The summed E-state index contributed by atoms with van der Waals surface area (Å²) in [5, 5.41) is 4.38. The number of aryl methyl sites for hydroxylation is 1. The second-order valence-electron chi connectivity index (χ2n) is 8.55. The summed E-state index contributed by atoms with van der Waals surface area (Å²) in [7, 11) is 1.65. The number of carbonyl (C=O) groups is 1. The van der Waals surface area contributed by atoms with E-state index in [4.69, 9.17) is 9.72 Å². The van der Waals surface area contributed by atoms with E-state index >= 15 is 0 Å². The molecule has 1 unspecified atom stereocenters. The van der Waals surface area contributed by atoms with Crippen molar-refractivity contribution < 1.29 is 9.53 Å². The number of hydrogen-bond donors (Lipinski definition) is 1. The largest absolute Gasteiger partial charge is 0.385 e. The van der Waals surface area contributed by atoms with Crippen LogP contribution < -0.4 is 10.9 Å². The molecule has 0 fully saturated rings. The minimum absolute atomic E-state index is 0.0415. The maximum absolute atomic E-state index is 13.5. The number of thiophene rings is 1. The van der Waals surface area contributed by atoms with Crippen molar-refractivity contribution in [3.8, 4) is 0 Å². The molecule has 0 spiro atoms. The third-order valence-electron chi connectivity index (χ3n) is 5.49. The molecular weight excluding hydrogens is 418 g/mol. The molecular formula is C22H33N3O3S2. The molecule has 2 aromatic heterocycles. The average Bonchev–Trinajstić information content (AvgIpc) is 3.06. The van der Waals surface area contributed by atoms with Gasteiger partial charge in [-0.2, -0.15) is 0 Å². The van der Waals surface area contributed by atoms with E-state index in [1.165, 1.54) is 22.2 Å². The highest BCUT2D eigenvalue weighted by atomic mass is 32.2. The van der Waals surface area contributed by atoms with Gasteiger partial charge < -0.3 is 10.1 Å². The molecule has 1 N–H and O–H groups in total. The lowest BCUT2D eigenvalue weighted by Crippen LogP contribution is -2.28. The predicted octanol–water partition coefficient (Wildman–Crippen LogP) is 3.87. The molecule has 166 valence electrons. The van der Waals surface area contributed by atoms with Crippen molar-refractivity contribution in [1.82, 2.24) is 14.9 Å². The second-order valence-corrected chi connectivity index (χ2v) is 10.6. The number of ether oxygens (including phenoxy) is 1. The minimum Gasteiger partial charge on any atom is -0.385 e. The van der Waals surface area contributed by atoms with Gasteiger partial charge in [-0.25, -0.2) is 4.98 Å². The maximum atomic E-state index is 13.5. The first-order valence-electron chi connectivity index (χ1n) is 10.8. The van der Waals surface area contributed by atoms with Gasteiger partial charge in [0.25, 0.3) is 5.56 Å². The lowest BCUT2D eigenvalue weighted by Gasteiger charge is -2.18. The molecule has 0 radical (unpaired) electrons. The normalized spacial score (nSPS) is 16.2. The highest BCUT2D eigenvalue weighted by molar-refractivity contribution is 7.99. The number of carbonyl (C=O) groups excluding carboxylic acids is 1. The molecule has 1 atom stereocenters. The summed E-state index contributed by atoms with van der Waals surface area (Å²) in [6.07, 6.45) is 4.83. The highest BCUT2D eigenvalue weighted by Gasteiger charge is 2.25. The zero-order valence-corrected chi connectivity index (χ0v) is 20.1. The zero-order chi connectivity index (χ0) is 21.7. The van der Waals surface area contributed by atoms with Crippen molar-refractivity contribution in [2.45, 2.75) is 64.6 Å². The molecule has 6 nitrogen and oxygen atoms in total. The molecule has 8 heteroatoms. The van der Waals surface area contributed by atoms with E-state index in [0.29, 0.717) is 36.7 Å². The Hall–Kier alpha value is -1.38. The van der Waals surface area contributed by atoms with Crippen LogP contribution in [0.2, 0.25) is 0 Å². The first kappa shape index (κ1) is 23.3. The van der Waals surface area contributed by atoms with Crippen LogP contribution in [0.15, 0.2) is 9.95 Å². The average molecular weight is 452 g/mol. The molecule has 2 aromatic rings. The standard InChI is InChI=1S/C22H33N3O3S2/c1-14(2)8-10-25-21(27)19-16-7-6-15(3)12-17(16)30-20(19)24-22(25)29-13-18(26)23-9-5-11-28-4/h14-15H,5-13H2,1-4H3,(H,23,26). The Morgan fingerprint density at radius 1 is 1.43 bits per heavy atom. The van der Waals surface area contributed by atoms with Gasteiger partial charge in [-0.05, 0) is 49.5 Å². The topological polar surface area (TPSA) is 73.2 Å². The molecule has 0 saturated heterocycles. The summed E-state index contributed by atoms with van der Waals surface area (Å²) in [5.74, 6) is 1.37. The molecule has 3 rings (SSSR count). The van der Waals surface area contributed by atoms with Crippen LogP contribution >= 0.6 is 23.1 Å². The molecule has 1 amide bonds. The highest BCUT2D eigenvalue weighted by Crippen LogP contribution is 2.36. The van der Waals surface area contributed by atoms with Crippen LogP contribution in [0, 0.1) is 11.8 Å². The van der Waals surface area contributed by atoms with Gasteiger partial charge in [0.2, 0.25) is 5.91 Å². The van der Waals surface area contributed by atoms with E-state index in [-0.39, 0.29) is 17.2 Å². The van der Waals surface area contributed by atoms with Crippen LogP contribution in [-0.2, 0) is 28.9 Å². The van der Waals surface area contributed by atoms with E-state index in [1.54, 1.807) is 23.0 Å². The fourth-order valence-corrected chi connectivity index (χ4v) is 6.00. The first-order chi connectivity index (χ1) is 14.4. The van der Waals surface area contributed by atoms with E-state index in [0.717, 1.165) is 42.3 Å². The fraction of sp³-hybridized carbons (Fsp3) is 0.682. The lowest BCUT2D eigenvalue weighted by atomic mass is 9.89. The van der Waals surface area contributed by atoms with Crippen LogP contribution in [0.4, 0.5) is 0 Å². The number of fused-ring (bicyclic) bond motifs is 3. The van der Waals surface area contributed by atoms with E-state index in [9.17, 15) is 9.59 Å². The molecule has 0 aromatic carbocycles. The number of amides is 1. The molecule has 0 aliphatic heterocycles. The van der Waals surface area contributed by atoms with Crippen molar-refractivity contribution >= 4 is 39.2 Å². The second kappa shape index (κ2) is 10.8. The van der Waals surface area contributed by atoms with Gasteiger partial charge in [0.05, 0.1) is 11.1 Å². The Labute approximate surface area is 186 Å². The van der Waals surface area contributed by atoms with Gasteiger partial charge in [0, 0.05) is 31.7 Å². The van der Waals surface area contributed by atoms with Gasteiger partial charge in [0.1, 0.15) is 4.83 Å². The van der Waals surface area contributed by atoms with Gasteiger partial charge in [-0.3, -0.25) is 14.2 Å². The number of thioether (sulfide) groups is 1. The van der Waals surface area contributed by atoms with Crippen molar-refractivity contribution in [1.29, 1.82) is 0 Å².